The van der Waals surface area contributed by atoms with Crippen molar-refractivity contribution in [2.45, 2.75) is 68.0 Å². The molecule has 2 aliphatic heterocycles. The topological polar surface area (TPSA) is 169 Å². The molecule has 10 nitrogen and oxygen atoms in total. The molecule has 4 rings (SSSR count). The summed E-state index contributed by atoms with van der Waals surface area (Å²) in [5, 5.41) is 2.60. The lowest BCUT2D eigenvalue weighted by molar-refractivity contribution is -0.153. The van der Waals surface area contributed by atoms with Crippen molar-refractivity contribution < 1.29 is 9.59 Å². The van der Waals surface area contributed by atoms with Crippen LogP contribution in [0.5, 0.6) is 0 Å². The van der Waals surface area contributed by atoms with Crippen LogP contribution >= 0.6 is 11.8 Å². The van der Waals surface area contributed by atoms with Gasteiger partial charge in [-0.3, -0.25) is 19.6 Å². The van der Waals surface area contributed by atoms with Crippen LogP contribution in [0.1, 0.15) is 50.5 Å². The lowest BCUT2D eigenvalue weighted by Gasteiger charge is -2.49. The second-order valence-electron chi connectivity index (χ2n) is 10.6. The molecule has 8 N–H and O–H groups in total. The molecule has 2 saturated heterocycles. The third-order valence-electron chi connectivity index (χ3n) is 7.55. The van der Waals surface area contributed by atoms with Crippen molar-refractivity contribution in [2.24, 2.45) is 32.9 Å². The van der Waals surface area contributed by atoms with Gasteiger partial charge in [-0.25, -0.2) is 0 Å². The van der Waals surface area contributed by atoms with E-state index in [9.17, 15) is 9.59 Å². The van der Waals surface area contributed by atoms with Gasteiger partial charge in [0, 0.05) is 31.3 Å². The molecule has 0 radical (unpaired) electrons. The molecule has 0 aliphatic carbocycles. The molecule has 0 spiro atoms. The van der Waals surface area contributed by atoms with E-state index in [2.05, 4.69) is 40.3 Å². The van der Waals surface area contributed by atoms with E-state index < -0.39 is 6.04 Å². The molecule has 0 unspecified atom stereocenters. The Labute approximate surface area is 240 Å². The van der Waals surface area contributed by atoms with Crippen LogP contribution in [-0.2, 0) is 16.0 Å². The number of benzene rings is 2. The van der Waals surface area contributed by atoms with Gasteiger partial charge in [0.15, 0.2) is 11.9 Å². The van der Waals surface area contributed by atoms with Gasteiger partial charge in [0.2, 0.25) is 11.8 Å². The zero-order chi connectivity index (χ0) is 28.5. The van der Waals surface area contributed by atoms with Gasteiger partial charge in [0.25, 0.3) is 0 Å². The summed E-state index contributed by atoms with van der Waals surface area (Å²) in [4.78, 5) is 39.0. The first-order valence-electron chi connectivity index (χ1n) is 14.2. The summed E-state index contributed by atoms with van der Waals surface area (Å²) in [6.07, 6.45) is 6.32. The van der Waals surface area contributed by atoms with Crippen molar-refractivity contribution in [3.63, 3.8) is 0 Å². The van der Waals surface area contributed by atoms with E-state index in [1.54, 1.807) is 0 Å². The van der Waals surface area contributed by atoms with Crippen LogP contribution in [0, 0.1) is 0 Å². The highest BCUT2D eigenvalue weighted by molar-refractivity contribution is 8.00. The molecule has 2 amide bonds. The molecular formula is C29H42N8O2S. The van der Waals surface area contributed by atoms with Crippen molar-refractivity contribution in [1.82, 2.24) is 9.80 Å². The smallest absolute Gasteiger partial charge is 0.245 e. The summed E-state index contributed by atoms with van der Waals surface area (Å²) < 4.78 is 0. The number of thioether (sulfide) groups is 1. The quantitative estimate of drug-likeness (QED) is 0.163. The highest BCUT2D eigenvalue weighted by Crippen LogP contribution is 2.38. The molecular weight excluding hydrogens is 524 g/mol. The Morgan fingerprint density at radius 2 is 1.60 bits per heavy atom. The molecule has 0 saturated carbocycles. The molecule has 2 aliphatic rings. The fourth-order valence-corrected chi connectivity index (χ4v) is 7.21. The minimum absolute atomic E-state index is 0.0221. The second kappa shape index (κ2) is 14.2. The minimum atomic E-state index is -0.481. The van der Waals surface area contributed by atoms with E-state index in [1.165, 1.54) is 16.3 Å². The Balaban J connectivity index is 1.41. The maximum absolute atomic E-state index is 13.7. The molecule has 3 atom stereocenters. The lowest BCUT2D eigenvalue weighted by Crippen LogP contribution is -2.64. The van der Waals surface area contributed by atoms with E-state index in [1.807, 2.05) is 33.7 Å². The Hall–Kier alpha value is -3.47. The van der Waals surface area contributed by atoms with Crippen molar-refractivity contribution in [2.75, 3.05) is 26.2 Å². The Kier molecular flexibility index (Phi) is 10.5. The third-order valence-corrected chi connectivity index (χ3v) is 9.03. The largest absolute Gasteiger partial charge is 0.370 e. The summed E-state index contributed by atoms with van der Waals surface area (Å²) in [5.41, 5.74) is 23.0. The predicted octanol–water partition coefficient (Wildman–Crippen LogP) is 2.14. The predicted molar refractivity (Wildman–Crippen MR) is 164 cm³/mol. The number of carbonyl (C=O) groups is 2. The van der Waals surface area contributed by atoms with Crippen LogP contribution in [0.25, 0.3) is 10.8 Å². The normalized spacial score (nSPS) is 20.9. The van der Waals surface area contributed by atoms with Gasteiger partial charge >= 0.3 is 0 Å². The fourth-order valence-electron chi connectivity index (χ4n) is 5.56. The van der Waals surface area contributed by atoms with Crippen LogP contribution in [-0.4, -0.2) is 76.4 Å². The summed E-state index contributed by atoms with van der Waals surface area (Å²) >= 11 is 1.84. The number of unbranched alkanes of at least 4 members (excludes halogenated alkanes) is 2. The number of hydrogen-bond acceptors (Lipinski definition) is 5. The maximum atomic E-state index is 13.7. The first-order chi connectivity index (χ1) is 19.3. The minimum Gasteiger partial charge on any atom is -0.370 e. The van der Waals surface area contributed by atoms with E-state index in [-0.39, 0.29) is 34.4 Å². The Bertz CT molecular complexity index is 1230. The molecule has 11 heteroatoms. The molecule has 2 aromatic carbocycles. The Morgan fingerprint density at radius 3 is 2.35 bits per heavy atom. The van der Waals surface area contributed by atoms with E-state index in [4.69, 9.17) is 22.9 Å². The lowest BCUT2D eigenvalue weighted by atomic mass is 10.0. The van der Waals surface area contributed by atoms with Crippen LogP contribution in [0.2, 0.25) is 0 Å². The van der Waals surface area contributed by atoms with Crippen molar-refractivity contribution in [3.8, 4) is 0 Å². The van der Waals surface area contributed by atoms with Crippen LogP contribution < -0.4 is 22.9 Å². The van der Waals surface area contributed by atoms with Crippen molar-refractivity contribution in [1.29, 1.82) is 0 Å². The summed E-state index contributed by atoms with van der Waals surface area (Å²) in [6, 6.07) is 14.3. The number of nitrogens with zero attached hydrogens (tertiary/aromatic N) is 4. The Morgan fingerprint density at radius 1 is 0.875 bits per heavy atom. The number of aliphatic imine (C=N–C) groups is 2. The van der Waals surface area contributed by atoms with Crippen LogP contribution in [0.4, 0.5) is 0 Å². The first-order valence-corrected chi connectivity index (χ1v) is 15.1. The molecule has 0 aromatic heterocycles. The van der Waals surface area contributed by atoms with Crippen molar-refractivity contribution in [3.05, 3.63) is 48.0 Å². The number of carbonyl (C=O) groups excluding carboxylic acids is 2. The standard InChI is InChI=1S/C29H42N8O2S/c30-28(31)34-14-5-1-2-9-23-18-25(38)37-24(10-6-15-35-29(32)33)27(39)36(19-26(37)40-23)16-13-20-11-12-21-7-3-4-8-22(21)17-20/h3-4,7-8,11-12,17,23-24,26H,1-2,5-6,9-10,13-16,18-19H2,(H4,30,31,34)(H4,32,33,35)/t23-,24+,26-/m1/s1. The molecule has 2 aromatic rings. The average Bonchev–Trinajstić information content (AvgIpc) is 2.92. The molecule has 0 bridgehead atoms. The van der Waals surface area contributed by atoms with Gasteiger partial charge in [-0.15, -0.1) is 11.8 Å². The van der Waals surface area contributed by atoms with E-state index in [0.717, 1.165) is 32.1 Å². The van der Waals surface area contributed by atoms with E-state index >= 15 is 0 Å². The highest BCUT2D eigenvalue weighted by Gasteiger charge is 2.46. The van der Waals surface area contributed by atoms with Crippen LogP contribution in [0.3, 0.4) is 0 Å². The van der Waals surface area contributed by atoms with Gasteiger partial charge in [0.1, 0.15) is 6.04 Å². The molecule has 2 fully saturated rings. The molecule has 40 heavy (non-hydrogen) atoms. The maximum Gasteiger partial charge on any atom is 0.245 e. The molecule has 2 heterocycles. The average molecular weight is 567 g/mol. The first kappa shape index (κ1) is 29.5. The number of fused-ring (bicyclic) bond motifs is 2. The third kappa shape index (κ3) is 8.03. The van der Waals surface area contributed by atoms with Crippen LogP contribution in [0.15, 0.2) is 52.4 Å². The van der Waals surface area contributed by atoms with Gasteiger partial charge < -0.3 is 32.7 Å². The number of rotatable bonds is 13. The number of piperazine rings is 1. The summed E-state index contributed by atoms with van der Waals surface area (Å²) in [6.45, 7) is 2.24. The molecule has 216 valence electrons. The van der Waals surface area contributed by atoms with Crippen molar-refractivity contribution >= 4 is 46.3 Å². The zero-order valence-electron chi connectivity index (χ0n) is 23.1. The van der Waals surface area contributed by atoms with Gasteiger partial charge in [-0.2, -0.15) is 0 Å². The summed E-state index contributed by atoms with van der Waals surface area (Å²) in [5.74, 6) is 0.256. The fraction of sp³-hybridized carbons (Fsp3) is 0.517. The SMILES string of the molecule is NC(N)=NCCCCC[C@@H]1CC(=O)N2[C@@H](CN(CCc3ccc4ccccc4c3)C(=O)[C@@H]2CCCN=C(N)N)S1. The summed E-state index contributed by atoms with van der Waals surface area (Å²) in [7, 11) is 0. The van der Waals surface area contributed by atoms with Gasteiger partial charge in [0.05, 0.1) is 11.9 Å². The van der Waals surface area contributed by atoms with Gasteiger partial charge in [-0.05, 0) is 48.4 Å². The number of amides is 2. The van der Waals surface area contributed by atoms with Gasteiger partial charge in [-0.1, -0.05) is 55.3 Å². The monoisotopic (exact) mass is 566 g/mol. The zero-order valence-corrected chi connectivity index (χ0v) is 23.9. The number of nitrogens with two attached hydrogens (primary N) is 4. The number of guanidine groups is 2. The van der Waals surface area contributed by atoms with E-state index in [0.29, 0.717) is 45.4 Å². The highest BCUT2D eigenvalue weighted by atomic mass is 32.2. The second-order valence-corrected chi connectivity index (χ2v) is 12.0. The number of hydrogen-bond donors (Lipinski definition) is 4.